The molecule has 2 heterocycles. The van der Waals surface area contributed by atoms with E-state index in [1.54, 1.807) is 0 Å². The number of halogens is 1. The predicted molar refractivity (Wildman–Crippen MR) is 66.7 cm³/mol. The van der Waals surface area contributed by atoms with Crippen LogP contribution in [0, 0.1) is 5.92 Å². The Labute approximate surface area is 108 Å². The third kappa shape index (κ3) is 1.50. The molecule has 1 atom stereocenters. The Morgan fingerprint density at radius 3 is 3.06 bits per heavy atom. The summed E-state index contributed by atoms with van der Waals surface area (Å²) < 4.78 is 2.00. The highest BCUT2D eigenvalue weighted by atomic mass is 35.5. The first-order chi connectivity index (χ1) is 8.59. The molecule has 0 fully saturated rings. The summed E-state index contributed by atoms with van der Waals surface area (Å²) in [5, 5.41) is 10.4. The lowest BCUT2D eigenvalue weighted by molar-refractivity contribution is -0.142. The molecule has 0 aliphatic heterocycles. The van der Waals surface area contributed by atoms with Crippen LogP contribution in [-0.4, -0.2) is 25.6 Å². The van der Waals surface area contributed by atoms with Gasteiger partial charge in [-0.2, -0.15) is 0 Å². The van der Waals surface area contributed by atoms with Crippen LogP contribution in [0.2, 0.25) is 5.15 Å². The van der Waals surface area contributed by atoms with Crippen LogP contribution in [0.4, 0.5) is 0 Å². The molecule has 0 radical (unpaired) electrons. The van der Waals surface area contributed by atoms with E-state index in [0.717, 1.165) is 28.7 Å². The molecular formula is C12H12ClN3O2. The smallest absolute Gasteiger partial charge is 0.306 e. The Balaban J connectivity index is 2.24. The highest BCUT2D eigenvalue weighted by molar-refractivity contribution is 6.34. The van der Waals surface area contributed by atoms with Crippen LogP contribution in [0.1, 0.15) is 17.7 Å². The molecule has 2 aromatic heterocycles. The molecule has 0 aromatic carbocycles. The molecular weight excluding hydrogens is 254 g/mol. The van der Waals surface area contributed by atoms with Crippen LogP contribution in [0.3, 0.4) is 0 Å². The zero-order valence-electron chi connectivity index (χ0n) is 9.85. The number of aliphatic carboxylic acids is 1. The zero-order valence-corrected chi connectivity index (χ0v) is 10.6. The van der Waals surface area contributed by atoms with Crippen molar-refractivity contribution in [2.24, 2.45) is 13.0 Å². The van der Waals surface area contributed by atoms with Crippen LogP contribution < -0.4 is 0 Å². The number of nitrogens with zero attached hydrogens (tertiary/aromatic N) is 3. The molecule has 0 saturated heterocycles. The summed E-state index contributed by atoms with van der Waals surface area (Å²) in [5.74, 6) is -1.08. The van der Waals surface area contributed by atoms with Gasteiger partial charge in [-0.1, -0.05) is 11.6 Å². The molecule has 1 aliphatic carbocycles. The summed E-state index contributed by atoms with van der Waals surface area (Å²) in [6.07, 6.45) is 3.35. The molecule has 0 unspecified atom stereocenters. The van der Waals surface area contributed by atoms with Gasteiger partial charge in [-0.05, 0) is 24.8 Å². The molecule has 0 saturated carbocycles. The van der Waals surface area contributed by atoms with E-state index in [1.807, 2.05) is 11.6 Å². The van der Waals surface area contributed by atoms with E-state index in [4.69, 9.17) is 16.7 Å². The quantitative estimate of drug-likeness (QED) is 0.799. The first-order valence-electron chi connectivity index (χ1n) is 5.79. The maximum Gasteiger partial charge on any atom is 0.306 e. The molecule has 6 heteroatoms. The Bertz CT molecular complexity index is 650. The van der Waals surface area contributed by atoms with Crippen molar-refractivity contribution < 1.29 is 9.90 Å². The standard InChI is InChI=1S/C12H12ClN3O2/c1-16-8-3-2-6(12(17)18)4-7(8)9-10(13)14-5-15-11(9)16/h5-6H,2-4H2,1H3,(H,17,18)/t6-/m0/s1. The molecule has 2 aromatic rings. The average molecular weight is 266 g/mol. The summed E-state index contributed by atoms with van der Waals surface area (Å²) in [6.45, 7) is 0. The number of hydrogen-bond donors (Lipinski definition) is 1. The fourth-order valence-corrected chi connectivity index (χ4v) is 2.99. The van der Waals surface area contributed by atoms with Crippen molar-refractivity contribution >= 4 is 28.6 Å². The van der Waals surface area contributed by atoms with Crippen molar-refractivity contribution in [1.29, 1.82) is 0 Å². The lowest BCUT2D eigenvalue weighted by Gasteiger charge is -2.19. The monoisotopic (exact) mass is 265 g/mol. The third-order valence-electron chi connectivity index (χ3n) is 3.68. The molecule has 18 heavy (non-hydrogen) atoms. The number of carboxylic acids is 1. The third-order valence-corrected chi connectivity index (χ3v) is 3.97. The Hall–Kier alpha value is -1.62. The average Bonchev–Trinajstić information content (AvgIpc) is 2.64. The predicted octanol–water partition coefficient (Wildman–Crippen LogP) is 1.81. The van der Waals surface area contributed by atoms with Crippen molar-refractivity contribution in [2.75, 3.05) is 0 Å². The molecule has 94 valence electrons. The van der Waals surface area contributed by atoms with Crippen LogP contribution >= 0.6 is 11.6 Å². The minimum atomic E-state index is -0.745. The Kier molecular flexibility index (Phi) is 2.52. The summed E-state index contributed by atoms with van der Waals surface area (Å²) in [7, 11) is 1.94. The van der Waals surface area contributed by atoms with E-state index in [-0.39, 0.29) is 5.92 Å². The van der Waals surface area contributed by atoms with E-state index in [2.05, 4.69) is 9.97 Å². The number of fused-ring (bicyclic) bond motifs is 3. The highest BCUT2D eigenvalue weighted by Crippen LogP contribution is 2.35. The van der Waals surface area contributed by atoms with Gasteiger partial charge in [-0.25, -0.2) is 9.97 Å². The van der Waals surface area contributed by atoms with E-state index in [0.29, 0.717) is 18.0 Å². The maximum absolute atomic E-state index is 11.1. The second-order valence-corrected chi connectivity index (χ2v) is 4.98. The number of carboxylic acid groups (broad SMARTS) is 1. The topological polar surface area (TPSA) is 68.0 Å². The lowest BCUT2D eigenvalue weighted by atomic mass is 9.87. The molecule has 0 bridgehead atoms. The molecule has 3 rings (SSSR count). The van der Waals surface area contributed by atoms with Crippen molar-refractivity contribution in [1.82, 2.24) is 14.5 Å². The van der Waals surface area contributed by atoms with E-state index < -0.39 is 5.97 Å². The number of rotatable bonds is 1. The van der Waals surface area contributed by atoms with E-state index >= 15 is 0 Å². The fourth-order valence-electron chi connectivity index (χ4n) is 2.75. The van der Waals surface area contributed by atoms with Gasteiger partial charge in [0.1, 0.15) is 17.1 Å². The van der Waals surface area contributed by atoms with Crippen molar-refractivity contribution in [3.8, 4) is 0 Å². The molecule has 1 N–H and O–H groups in total. The van der Waals surface area contributed by atoms with Gasteiger partial charge in [0.15, 0.2) is 0 Å². The number of hydrogen-bond acceptors (Lipinski definition) is 3. The van der Waals surface area contributed by atoms with Gasteiger partial charge in [-0.3, -0.25) is 4.79 Å². The minimum Gasteiger partial charge on any atom is -0.481 e. The van der Waals surface area contributed by atoms with Gasteiger partial charge in [0.05, 0.1) is 11.3 Å². The second-order valence-electron chi connectivity index (χ2n) is 4.63. The number of aryl methyl sites for hydroxylation is 1. The normalized spacial score (nSPS) is 18.9. The zero-order chi connectivity index (χ0) is 12.9. The molecule has 5 nitrogen and oxygen atoms in total. The fraction of sp³-hybridized carbons (Fsp3) is 0.417. The van der Waals surface area contributed by atoms with Gasteiger partial charge in [0, 0.05) is 12.7 Å². The summed E-state index contributed by atoms with van der Waals surface area (Å²) >= 11 is 6.12. The maximum atomic E-state index is 11.1. The van der Waals surface area contributed by atoms with Crippen molar-refractivity contribution in [3.63, 3.8) is 0 Å². The minimum absolute atomic E-state index is 0.334. The van der Waals surface area contributed by atoms with Crippen molar-refractivity contribution in [2.45, 2.75) is 19.3 Å². The first kappa shape index (κ1) is 11.5. The van der Waals surface area contributed by atoms with Gasteiger partial charge in [-0.15, -0.1) is 0 Å². The van der Waals surface area contributed by atoms with E-state index in [9.17, 15) is 4.79 Å². The molecule has 0 spiro atoms. The van der Waals surface area contributed by atoms with Gasteiger partial charge in [0.2, 0.25) is 0 Å². The van der Waals surface area contributed by atoms with Crippen LogP contribution in [0.15, 0.2) is 6.33 Å². The van der Waals surface area contributed by atoms with Crippen LogP contribution in [0.5, 0.6) is 0 Å². The van der Waals surface area contributed by atoms with Gasteiger partial charge < -0.3 is 9.67 Å². The van der Waals surface area contributed by atoms with Crippen LogP contribution in [-0.2, 0) is 24.7 Å². The summed E-state index contributed by atoms with van der Waals surface area (Å²) in [4.78, 5) is 19.3. The summed E-state index contributed by atoms with van der Waals surface area (Å²) in [6, 6.07) is 0. The van der Waals surface area contributed by atoms with Gasteiger partial charge in [0.25, 0.3) is 0 Å². The highest BCUT2D eigenvalue weighted by Gasteiger charge is 2.29. The Morgan fingerprint density at radius 2 is 2.33 bits per heavy atom. The summed E-state index contributed by atoms with van der Waals surface area (Å²) in [5.41, 5.74) is 2.91. The van der Waals surface area contributed by atoms with E-state index in [1.165, 1.54) is 6.33 Å². The first-order valence-corrected chi connectivity index (χ1v) is 6.16. The second kappa shape index (κ2) is 3.95. The molecule has 0 amide bonds. The Morgan fingerprint density at radius 1 is 1.56 bits per heavy atom. The van der Waals surface area contributed by atoms with Crippen molar-refractivity contribution in [3.05, 3.63) is 22.7 Å². The largest absolute Gasteiger partial charge is 0.481 e. The van der Waals surface area contributed by atoms with Gasteiger partial charge >= 0.3 is 5.97 Å². The number of carbonyl (C=O) groups is 1. The lowest BCUT2D eigenvalue weighted by Crippen LogP contribution is -2.22. The SMILES string of the molecule is Cn1c2c(c3c(Cl)ncnc31)C[C@@H](C(=O)O)CC2. The molecule has 1 aliphatic rings. The van der Waals surface area contributed by atoms with Crippen LogP contribution in [0.25, 0.3) is 11.0 Å². The number of aromatic nitrogens is 3.